The summed E-state index contributed by atoms with van der Waals surface area (Å²) in [4.78, 5) is 20.4. The Labute approximate surface area is 146 Å². The van der Waals surface area contributed by atoms with Crippen LogP contribution in [0.4, 0.5) is 0 Å². The van der Waals surface area contributed by atoms with Gasteiger partial charge in [-0.2, -0.15) is 10.2 Å². The smallest absolute Gasteiger partial charge is 0.223 e. The third kappa shape index (κ3) is 4.22. The summed E-state index contributed by atoms with van der Waals surface area (Å²) in [6, 6.07) is 9.92. The van der Waals surface area contributed by atoms with Crippen molar-refractivity contribution in [2.24, 2.45) is 0 Å². The van der Waals surface area contributed by atoms with E-state index in [0.29, 0.717) is 23.8 Å². The lowest BCUT2D eigenvalue weighted by molar-refractivity contribution is -0.131. The van der Waals surface area contributed by atoms with Gasteiger partial charge >= 0.3 is 0 Å². The number of nitriles is 1. The van der Waals surface area contributed by atoms with Gasteiger partial charge in [-0.15, -0.1) is 0 Å². The summed E-state index contributed by atoms with van der Waals surface area (Å²) in [6.07, 6.45) is 0.923. The number of nitrogens with zero attached hydrogens (tertiary/aromatic N) is 5. The normalized spacial score (nSPS) is 17.4. The average molecular weight is 339 g/mol. The molecule has 2 heterocycles. The van der Waals surface area contributed by atoms with Crippen LogP contribution in [0.5, 0.6) is 0 Å². The van der Waals surface area contributed by atoms with Gasteiger partial charge in [0.05, 0.1) is 18.2 Å². The molecular weight excluding hydrogens is 318 g/mol. The van der Waals surface area contributed by atoms with Crippen molar-refractivity contribution >= 4 is 5.91 Å². The van der Waals surface area contributed by atoms with E-state index in [1.54, 1.807) is 13.8 Å². The van der Waals surface area contributed by atoms with Gasteiger partial charge in [0, 0.05) is 39.5 Å². The van der Waals surface area contributed by atoms with E-state index in [2.05, 4.69) is 21.1 Å². The van der Waals surface area contributed by atoms with Crippen LogP contribution in [-0.4, -0.2) is 45.0 Å². The maximum Gasteiger partial charge on any atom is 0.223 e. The van der Waals surface area contributed by atoms with Crippen molar-refractivity contribution in [3.05, 3.63) is 47.1 Å². The lowest BCUT2D eigenvalue weighted by Gasteiger charge is -2.27. The second kappa shape index (κ2) is 7.45. The molecular formula is C18H21N5O2. The minimum Gasteiger partial charge on any atom is -0.340 e. The van der Waals surface area contributed by atoms with Gasteiger partial charge in [0.15, 0.2) is 5.82 Å². The molecule has 25 heavy (non-hydrogen) atoms. The molecule has 1 aromatic carbocycles. The summed E-state index contributed by atoms with van der Waals surface area (Å²) in [7, 11) is 0. The Kier molecular flexibility index (Phi) is 5.10. The Bertz CT molecular complexity index is 778. The zero-order valence-corrected chi connectivity index (χ0v) is 14.5. The van der Waals surface area contributed by atoms with E-state index in [4.69, 9.17) is 9.78 Å². The van der Waals surface area contributed by atoms with Crippen molar-refractivity contribution in [3.63, 3.8) is 0 Å². The van der Waals surface area contributed by atoms with Crippen molar-refractivity contribution in [1.29, 1.82) is 5.26 Å². The largest absolute Gasteiger partial charge is 0.340 e. The first-order valence-electron chi connectivity index (χ1n) is 8.33. The molecule has 2 aromatic rings. The molecule has 1 aliphatic rings. The monoisotopic (exact) mass is 339 g/mol. The number of hydrogen-bond acceptors (Lipinski definition) is 6. The number of carbonyl (C=O) groups excluding carboxylic acids is 1. The molecule has 1 saturated heterocycles. The van der Waals surface area contributed by atoms with Crippen molar-refractivity contribution in [1.82, 2.24) is 19.9 Å². The first kappa shape index (κ1) is 17.1. The molecule has 3 rings (SSSR count). The molecule has 0 bridgehead atoms. The Morgan fingerprint density at radius 1 is 1.44 bits per heavy atom. The van der Waals surface area contributed by atoms with Crippen LogP contribution in [0.15, 0.2) is 28.8 Å². The predicted octanol–water partition coefficient (Wildman–Crippen LogP) is 1.87. The zero-order chi connectivity index (χ0) is 17.8. The van der Waals surface area contributed by atoms with Gasteiger partial charge < -0.3 is 9.42 Å². The highest BCUT2D eigenvalue weighted by Gasteiger charge is 2.30. The van der Waals surface area contributed by atoms with E-state index >= 15 is 0 Å². The molecule has 130 valence electrons. The molecule has 0 N–H and O–H groups in total. The van der Waals surface area contributed by atoms with E-state index in [1.165, 1.54) is 5.56 Å². The van der Waals surface area contributed by atoms with Crippen LogP contribution < -0.4 is 0 Å². The average Bonchev–Trinajstić information content (AvgIpc) is 3.22. The van der Waals surface area contributed by atoms with Crippen molar-refractivity contribution in [2.45, 2.75) is 39.4 Å². The third-order valence-corrected chi connectivity index (χ3v) is 4.46. The molecule has 1 fully saturated rings. The minimum atomic E-state index is 0.0210. The second-order valence-corrected chi connectivity index (χ2v) is 6.36. The van der Waals surface area contributed by atoms with Crippen molar-refractivity contribution in [3.8, 4) is 6.07 Å². The Morgan fingerprint density at radius 2 is 2.20 bits per heavy atom. The van der Waals surface area contributed by atoms with Crippen LogP contribution in [0.1, 0.15) is 36.2 Å². The molecule has 0 saturated carbocycles. The summed E-state index contributed by atoms with van der Waals surface area (Å²) in [5.74, 6) is 1.07. The van der Waals surface area contributed by atoms with Crippen LogP contribution in [0.2, 0.25) is 0 Å². The molecule has 0 aliphatic carbocycles. The summed E-state index contributed by atoms with van der Waals surface area (Å²) >= 11 is 0. The zero-order valence-electron chi connectivity index (χ0n) is 14.5. The third-order valence-electron chi connectivity index (χ3n) is 4.46. The summed E-state index contributed by atoms with van der Waals surface area (Å²) < 4.78 is 4.99. The van der Waals surface area contributed by atoms with Crippen LogP contribution in [0.3, 0.4) is 0 Å². The van der Waals surface area contributed by atoms with Gasteiger partial charge in [0.25, 0.3) is 0 Å². The van der Waals surface area contributed by atoms with E-state index in [1.807, 2.05) is 29.2 Å². The van der Waals surface area contributed by atoms with Gasteiger partial charge in [0.1, 0.15) is 0 Å². The van der Waals surface area contributed by atoms with Crippen LogP contribution in [0.25, 0.3) is 0 Å². The van der Waals surface area contributed by atoms with Crippen LogP contribution in [0, 0.1) is 18.3 Å². The number of likely N-dealkylation sites (tertiary alicyclic amines) is 1. The first-order valence-corrected chi connectivity index (χ1v) is 8.33. The maximum atomic E-state index is 12.1. The molecule has 1 amide bonds. The topological polar surface area (TPSA) is 86.3 Å². The molecule has 0 unspecified atom stereocenters. The fraction of sp³-hybridized carbons (Fsp3) is 0.444. The van der Waals surface area contributed by atoms with E-state index < -0.39 is 0 Å². The number of aryl methyl sites for hydroxylation is 1. The number of amides is 1. The lowest BCUT2D eigenvalue weighted by atomic mass is 10.1. The van der Waals surface area contributed by atoms with E-state index in [-0.39, 0.29) is 11.9 Å². The molecule has 7 nitrogen and oxygen atoms in total. The molecule has 0 spiro atoms. The van der Waals surface area contributed by atoms with Gasteiger partial charge in [0.2, 0.25) is 11.8 Å². The fourth-order valence-corrected chi connectivity index (χ4v) is 3.21. The molecule has 0 radical (unpaired) electrons. The Hall–Kier alpha value is -2.72. The van der Waals surface area contributed by atoms with Crippen LogP contribution >= 0.6 is 0 Å². The highest BCUT2D eigenvalue weighted by Crippen LogP contribution is 2.20. The minimum absolute atomic E-state index is 0.0210. The van der Waals surface area contributed by atoms with Crippen LogP contribution in [-0.2, 0) is 17.9 Å². The molecule has 1 aliphatic heterocycles. The second-order valence-electron chi connectivity index (χ2n) is 6.36. The maximum absolute atomic E-state index is 12.1. The summed E-state index contributed by atoms with van der Waals surface area (Å²) in [5.41, 5.74) is 1.84. The first-order chi connectivity index (χ1) is 12.0. The SMILES string of the molecule is CC(=O)N(Cc1noc(C)n1)[C@H]1CCN(Cc2ccc(C#N)cc2)C1. The predicted molar refractivity (Wildman–Crippen MR) is 90.1 cm³/mol. The number of rotatable bonds is 5. The Balaban J connectivity index is 1.61. The number of aromatic nitrogens is 2. The quantitative estimate of drug-likeness (QED) is 0.826. The van der Waals surface area contributed by atoms with Crippen molar-refractivity contribution < 1.29 is 9.32 Å². The van der Waals surface area contributed by atoms with Gasteiger partial charge in [-0.3, -0.25) is 9.69 Å². The van der Waals surface area contributed by atoms with E-state index in [0.717, 1.165) is 26.1 Å². The van der Waals surface area contributed by atoms with Crippen molar-refractivity contribution in [2.75, 3.05) is 13.1 Å². The molecule has 7 heteroatoms. The summed E-state index contributed by atoms with van der Waals surface area (Å²) in [5, 5.41) is 12.8. The number of carbonyl (C=O) groups is 1. The van der Waals surface area contributed by atoms with E-state index in [9.17, 15) is 4.79 Å². The highest BCUT2D eigenvalue weighted by molar-refractivity contribution is 5.73. The lowest BCUT2D eigenvalue weighted by Crippen LogP contribution is -2.40. The Morgan fingerprint density at radius 3 is 2.80 bits per heavy atom. The number of benzene rings is 1. The molecule has 1 aromatic heterocycles. The highest BCUT2D eigenvalue weighted by atomic mass is 16.5. The fourth-order valence-electron chi connectivity index (χ4n) is 3.21. The van der Waals surface area contributed by atoms with Gasteiger partial charge in [-0.25, -0.2) is 0 Å². The number of hydrogen-bond donors (Lipinski definition) is 0. The standard InChI is InChI=1S/C18H21N5O2/c1-13-20-18(21-25-13)12-23(14(2)24)17-7-8-22(11-17)10-16-5-3-15(9-19)4-6-16/h3-6,17H,7-8,10-12H2,1-2H3/t17-/m0/s1. The summed E-state index contributed by atoms with van der Waals surface area (Å²) in [6.45, 7) is 6.26. The van der Waals surface area contributed by atoms with Gasteiger partial charge in [-0.1, -0.05) is 17.3 Å². The van der Waals surface area contributed by atoms with Gasteiger partial charge in [-0.05, 0) is 24.1 Å². The molecule has 1 atom stereocenters.